The Balaban J connectivity index is 2.10. The van der Waals surface area contributed by atoms with E-state index in [4.69, 9.17) is 23.2 Å². The summed E-state index contributed by atoms with van der Waals surface area (Å²) in [5, 5.41) is 4.39. The molecule has 0 bridgehead atoms. The Bertz CT molecular complexity index is 573. The van der Waals surface area contributed by atoms with Gasteiger partial charge in [0.2, 0.25) is 0 Å². The van der Waals surface area contributed by atoms with Crippen molar-refractivity contribution >= 4 is 50.4 Å². The Labute approximate surface area is 131 Å². The van der Waals surface area contributed by atoms with Crippen molar-refractivity contribution in [3.8, 4) is 0 Å². The molecule has 0 spiro atoms. The lowest BCUT2D eigenvalue weighted by atomic mass is 10.1. The van der Waals surface area contributed by atoms with Gasteiger partial charge < -0.3 is 5.32 Å². The topological polar surface area (TPSA) is 12.0 Å². The van der Waals surface area contributed by atoms with Gasteiger partial charge >= 0.3 is 0 Å². The SMILES string of the molecule is C=C(CNc1c(Cl)cc(Br)cc1Cl)c1ccccc1. The maximum Gasteiger partial charge on any atom is 0.0722 e. The third-order valence-corrected chi connectivity index (χ3v) is 3.72. The van der Waals surface area contributed by atoms with Crippen molar-refractivity contribution in [1.82, 2.24) is 0 Å². The van der Waals surface area contributed by atoms with Crippen LogP contribution in [0.2, 0.25) is 10.0 Å². The van der Waals surface area contributed by atoms with E-state index in [1.165, 1.54) is 0 Å². The van der Waals surface area contributed by atoms with Gasteiger partial charge in [-0.3, -0.25) is 0 Å². The predicted molar refractivity (Wildman–Crippen MR) is 88.1 cm³/mol. The van der Waals surface area contributed by atoms with Crippen molar-refractivity contribution in [2.75, 3.05) is 11.9 Å². The maximum atomic E-state index is 6.16. The van der Waals surface area contributed by atoms with E-state index in [1.807, 2.05) is 30.3 Å². The molecule has 0 amide bonds. The molecule has 0 atom stereocenters. The van der Waals surface area contributed by atoms with E-state index < -0.39 is 0 Å². The van der Waals surface area contributed by atoms with Gasteiger partial charge in [0.15, 0.2) is 0 Å². The molecule has 0 saturated heterocycles. The fourth-order valence-electron chi connectivity index (χ4n) is 1.68. The molecule has 0 aliphatic carbocycles. The molecule has 0 fully saturated rings. The fraction of sp³-hybridized carbons (Fsp3) is 0.0667. The Morgan fingerprint density at radius 3 is 2.26 bits per heavy atom. The summed E-state index contributed by atoms with van der Waals surface area (Å²) >= 11 is 15.7. The largest absolute Gasteiger partial charge is 0.379 e. The van der Waals surface area contributed by atoms with Crippen molar-refractivity contribution in [3.05, 3.63) is 69.1 Å². The number of rotatable bonds is 4. The Hall–Kier alpha value is -0.960. The second-order valence-corrected chi connectivity index (χ2v) is 5.80. The highest BCUT2D eigenvalue weighted by molar-refractivity contribution is 9.10. The number of hydrogen-bond acceptors (Lipinski definition) is 1. The first kappa shape index (κ1) is 14.4. The molecule has 2 aromatic carbocycles. The van der Waals surface area contributed by atoms with Crippen LogP contribution in [-0.2, 0) is 0 Å². The van der Waals surface area contributed by atoms with Crippen LogP contribution in [0.25, 0.3) is 5.57 Å². The summed E-state index contributed by atoms with van der Waals surface area (Å²) in [7, 11) is 0. The molecule has 0 saturated carbocycles. The first-order chi connectivity index (χ1) is 9.08. The van der Waals surface area contributed by atoms with Crippen LogP contribution in [0, 0.1) is 0 Å². The van der Waals surface area contributed by atoms with Crippen molar-refractivity contribution in [3.63, 3.8) is 0 Å². The summed E-state index contributed by atoms with van der Waals surface area (Å²) in [5.74, 6) is 0. The van der Waals surface area contributed by atoms with Gasteiger partial charge in [-0.2, -0.15) is 0 Å². The summed E-state index contributed by atoms with van der Waals surface area (Å²) in [4.78, 5) is 0. The normalized spacial score (nSPS) is 10.3. The Kier molecular flexibility index (Phi) is 4.92. The van der Waals surface area contributed by atoms with E-state index in [0.717, 1.165) is 21.3 Å². The smallest absolute Gasteiger partial charge is 0.0722 e. The minimum atomic E-state index is 0.584. The monoisotopic (exact) mass is 355 g/mol. The average molecular weight is 357 g/mol. The standard InChI is InChI=1S/C15H12BrCl2N/c1-10(11-5-3-2-4-6-11)9-19-15-13(17)7-12(16)8-14(15)18/h2-8,19H,1,9H2. The molecule has 4 heteroatoms. The summed E-state index contributed by atoms with van der Waals surface area (Å²) < 4.78 is 0.856. The summed E-state index contributed by atoms with van der Waals surface area (Å²) in [5.41, 5.74) is 2.80. The molecule has 0 heterocycles. The van der Waals surface area contributed by atoms with Crippen molar-refractivity contribution in [1.29, 1.82) is 0 Å². The van der Waals surface area contributed by atoms with Crippen LogP contribution in [0.5, 0.6) is 0 Å². The molecule has 0 unspecified atom stereocenters. The first-order valence-corrected chi connectivity index (χ1v) is 7.24. The summed E-state index contributed by atoms with van der Waals surface area (Å²) in [6, 6.07) is 13.6. The van der Waals surface area contributed by atoms with Gasteiger partial charge in [-0.1, -0.05) is 76.0 Å². The highest BCUT2D eigenvalue weighted by Gasteiger charge is 2.07. The molecule has 2 rings (SSSR count). The summed E-state index contributed by atoms with van der Waals surface area (Å²) in [6.07, 6.45) is 0. The third kappa shape index (κ3) is 3.75. The lowest BCUT2D eigenvalue weighted by Gasteiger charge is -2.12. The van der Waals surface area contributed by atoms with Gasteiger partial charge in [-0.05, 0) is 23.3 Å². The molecule has 0 aliphatic rings. The van der Waals surface area contributed by atoms with Crippen LogP contribution in [0.4, 0.5) is 5.69 Å². The van der Waals surface area contributed by atoms with E-state index >= 15 is 0 Å². The fourth-order valence-corrected chi connectivity index (χ4v) is 3.02. The molecule has 0 aromatic heterocycles. The van der Waals surface area contributed by atoms with Gasteiger partial charge in [-0.25, -0.2) is 0 Å². The molecular weight excluding hydrogens is 345 g/mol. The van der Waals surface area contributed by atoms with Gasteiger partial charge in [0.25, 0.3) is 0 Å². The summed E-state index contributed by atoms with van der Waals surface area (Å²) in [6.45, 7) is 4.65. The Morgan fingerprint density at radius 2 is 1.68 bits per heavy atom. The molecule has 0 radical (unpaired) electrons. The van der Waals surface area contributed by atoms with Gasteiger partial charge in [-0.15, -0.1) is 0 Å². The van der Waals surface area contributed by atoms with Crippen molar-refractivity contribution < 1.29 is 0 Å². The van der Waals surface area contributed by atoms with E-state index in [-0.39, 0.29) is 0 Å². The minimum Gasteiger partial charge on any atom is -0.379 e. The minimum absolute atomic E-state index is 0.584. The predicted octanol–water partition coefficient (Wildman–Crippen LogP) is 5.88. The highest BCUT2D eigenvalue weighted by atomic mass is 79.9. The number of benzene rings is 2. The van der Waals surface area contributed by atoms with Crippen LogP contribution in [-0.4, -0.2) is 6.54 Å². The van der Waals surface area contributed by atoms with E-state index in [9.17, 15) is 0 Å². The molecule has 98 valence electrons. The number of anilines is 1. The number of hydrogen-bond donors (Lipinski definition) is 1. The van der Waals surface area contributed by atoms with Crippen LogP contribution < -0.4 is 5.32 Å². The number of nitrogens with one attached hydrogen (secondary N) is 1. The van der Waals surface area contributed by atoms with Crippen LogP contribution in [0.3, 0.4) is 0 Å². The molecule has 1 nitrogen and oxygen atoms in total. The number of halogens is 3. The second-order valence-electron chi connectivity index (χ2n) is 4.07. The zero-order valence-corrected chi connectivity index (χ0v) is 13.2. The molecule has 2 aromatic rings. The first-order valence-electron chi connectivity index (χ1n) is 5.69. The molecule has 19 heavy (non-hydrogen) atoms. The van der Waals surface area contributed by atoms with Crippen LogP contribution in [0.1, 0.15) is 5.56 Å². The average Bonchev–Trinajstić information content (AvgIpc) is 2.38. The van der Waals surface area contributed by atoms with Crippen LogP contribution in [0.15, 0.2) is 53.5 Å². The van der Waals surface area contributed by atoms with Gasteiger partial charge in [0.05, 0.1) is 15.7 Å². The second kappa shape index (κ2) is 6.47. The highest BCUT2D eigenvalue weighted by Crippen LogP contribution is 2.34. The van der Waals surface area contributed by atoms with Gasteiger partial charge in [0, 0.05) is 11.0 Å². The van der Waals surface area contributed by atoms with E-state index in [2.05, 4.69) is 27.8 Å². The van der Waals surface area contributed by atoms with Crippen molar-refractivity contribution in [2.45, 2.75) is 0 Å². The lowest BCUT2D eigenvalue weighted by Crippen LogP contribution is -2.04. The third-order valence-electron chi connectivity index (χ3n) is 2.67. The quantitative estimate of drug-likeness (QED) is 0.721. The van der Waals surface area contributed by atoms with E-state index in [0.29, 0.717) is 16.6 Å². The zero-order chi connectivity index (χ0) is 13.8. The van der Waals surface area contributed by atoms with Crippen molar-refractivity contribution in [2.24, 2.45) is 0 Å². The maximum absolute atomic E-state index is 6.16. The molecule has 1 N–H and O–H groups in total. The van der Waals surface area contributed by atoms with E-state index in [1.54, 1.807) is 12.1 Å². The Morgan fingerprint density at radius 1 is 1.11 bits per heavy atom. The lowest BCUT2D eigenvalue weighted by molar-refractivity contribution is 1.34. The van der Waals surface area contributed by atoms with Gasteiger partial charge in [0.1, 0.15) is 0 Å². The van der Waals surface area contributed by atoms with Crippen LogP contribution >= 0.6 is 39.1 Å². The molecular formula is C15H12BrCl2N. The zero-order valence-electron chi connectivity index (χ0n) is 10.1. The molecule has 0 aliphatic heterocycles.